The first kappa shape index (κ1) is 30.5. The van der Waals surface area contributed by atoms with Gasteiger partial charge in [-0.25, -0.2) is 9.37 Å². The van der Waals surface area contributed by atoms with Gasteiger partial charge in [0.1, 0.15) is 11.5 Å². The summed E-state index contributed by atoms with van der Waals surface area (Å²) in [5, 5.41) is 19.0. The Morgan fingerprint density at radius 2 is 1.77 bits per heavy atom. The Balaban J connectivity index is 1.16. The number of aromatic amines is 2. The average molecular weight is 633 g/mol. The van der Waals surface area contributed by atoms with Gasteiger partial charge in [0.15, 0.2) is 5.65 Å². The summed E-state index contributed by atoms with van der Waals surface area (Å²) >= 11 is 0. The monoisotopic (exact) mass is 632 g/mol. The van der Waals surface area contributed by atoms with Crippen LogP contribution in [0.1, 0.15) is 19.3 Å². The van der Waals surface area contributed by atoms with Crippen molar-refractivity contribution in [3.8, 4) is 33.8 Å². The van der Waals surface area contributed by atoms with E-state index in [-0.39, 0.29) is 11.7 Å². The van der Waals surface area contributed by atoms with Crippen LogP contribution in [-0.2, 0) is 4.79 Å². The van der Waals surface area contributed by atoms with Gasteiger partial charge < -0.3 is 25.8 Å². The number of pyridine rings is 3. The van der Waals surface area contributed by atoms with Gasteiger partial charge in [-0.1, -0.05) is 0 Å². The molecule has 1 amide bonds. The first-order valence-electron chi connectivity index (χ1n) is 15.9. The number of piperidine rings is 1. The van der Waals surface area contributed by atoms with Crippen LogP contribution in [0.3, 0.4) is 0 Å². The number of carbonyl (C=O) groups excluding carboxylic acids is 1. The van der Waals surface area contributed by atoms with Crippen molar-refractivity contribution in [2.75, 3.05) is 50.9 Å². The van der Waals surface area contributed by atoms with E-state index in [0.29, 0.717) is 52.9 Å². The highest BCUT2D eigenvalue weighted by molar-refractivity contribution is 6.00. The topological polar surface area (TPSA) is 140 Å². The van der Waals surface area contributed by atoms with Crippen molar-refractivity contribution in [1.29, 1.82) is 0 Å². The van der Waals surface area contributed by atoms with E-state index in [4.69, 9.17) is 0 Å². The first-order chi connectivity index (χ1) is 22.9. The van der Waals surface area contributed by atoms with Crippen molar-refractivity contribution in [3.63, 3.8) is 0 Å². The second kappa shape index (κ2) is 13.3. The van der Waals surface area contributed by atoms with E-state index in [0.717, 1.165) is 65.6 Å². The maximum absolute atomic E-state index is 14.7. The molecule has 1 fully saturated rings. The second-order valence-corrected chi connectivity index (χ2v) is 12.4. The number of aromatic nitrogens is 6. The van der Waals surface area contributed by atoms with E-state index < -0.39 is 0 Å². The maximum atomic E-state index is 14.7. The molecule has 1 aliphatic heterocycles. The van der Waals surface area contributed by atoms with E-state index in [2.05, 4.69) is 51.0 Å². The number of hydrogen-bond acceptors (Lipinski definition) is 8. The van der Waals surface area contributed by atoms with Crippen LogP contribution in [0, 0.1) is 11.7 Å². The van der Waals surface area contributed by atoms with Crippen molar-refractivity contribution < 1.29 is 9.18 Å². The maximum Gasteiger partial charge on any atom is 0.224 e. The molecule has 1 aromatic carbocycles. The molecule has 1 saturated heterocycles. The van der Waals surface area contributed by atoms with Crippen LogP contribution in [0.4, 0.5) is 15.8 Å². The Hall–Kier alpha value is -5.20. The van der Waals surface area contributed by atoms with Crippen LogP contribution in [0.15, 0.2) is 67.3 Å². The van der Waals surface area contributed by atoms with Crippen molar-refractivity contribution >= 4 is 39.2 Å². The molecule has 0 spiro atoms. The molecule has 0 radical (unpaired) electrons. The van der Waals surface area contributed by atoms with Crippen LogP contribution >= 0.6 is 0 Å². The molecule has 0 saturated carbocycles. The molecule has 47 heavy (non-hydrogen) atoms. The van der Waals surface area contributed by atoms with Crippen molar-refractivity contribution in [1.82, 2.24) is 40.3 Å². The zero-order chi connectivity index (χ0) is 32.3. The molecule has 0 bridgehead atoms. The fourth-order valence-electron chi connectivity index (χ4n) is 6.16. The van der Waals surface area contributed by atoms with Crippen molar-refractivity contribution in [2.45, 2.75) is 19.3 Å². The molecular weight excluding hydrogens is 595 g/mol. The van der Waals surface area contributed by atoms with Gasteiger partial charge in [0.2, 0.25) is 5.91 Å². The number of amides is 1. The molecule has 7 rings (SSSR count). The minimum Gasteiger partial charge on any atom is -0.384 e. The SMILES string of the molecule is CN(C)CCNc1cc(F)cc(-c2nccc3[nH]c(-c4n[nH]c5ncc(-c6cncc(NC(=O)CC7CCNCC7)c6)cc45)cc23)c1. The number of rotatable bonds is 10. The van der Waals surface area contributed by atoms with E-state index in [1.807, 2.05) is 44.4 Å². The predicted molar refractivity (Wildman–Crippen MR) is 183 cm³/mol. The van der Waals surface area contributed by atoms with Gasteiger partial charge >= 0.3 is 0 Å². The van der Waals surface area contributed by atoms with Crippen LogP contribution in [-0.4, -0.2) is 81.2 Å². The van der Waals surface area contributed by atoms with Gasteiger partial charge in [-0.05, 0) is 88.4 Å². The van der Waals surface area contributed by atoms with Gasteiger partial charge in [0.05, 0.1) is 23.3 Å². The molecule has 240 valence electrons. The summed E-state index contributed by atoms with van der Waals surface area (Å²) in [4.78, 5) is 31.9. The lowest BCUT2D eigenvalue weighted by Crippen LogP contribution is -2.30. The van der Waals surface area contributed by atoms with E-state index in [9.17, 15) is 9.18 Å². The number of likely N-dealkylation sites (N-methyl/N-ethyl adjacent to an activating group) is 1. The summed E-state index contributed by atoms with van der Waals surface area (Å²) in [5.74, 6) is 0.0712. The molecule has 12 heteroatoms. The molecule has 11 nitrogen and oxygen atoms in total. The number of fused-ring (bicyclic) bond motifs is 2. The Bertz CT molecular complexity index is 2050. The molecule has 0 unspecified atom stereocenters. The number of nitrogens with one attached hydrogen (secondary N) is 5. The number of halogens is 1. The van der Waals surface area contributed by atoms with Gasteiger partial charge in [0.25, 0.3) is 0 Å². The van der Waals surface area contributed by atoms with E-state index in [1.54, 1.807) is 24.8 Å². The zero-order valence-electron chi connectivity index (χ0n) is 26.4. The van der Waals surface area contributed by atoms with Crippen LogP contribution in [0.25, 0.3) is 55.7 Å². The third kappa shape index (κ3) is 6.83. The van der Waals surface area contributed by atoms with Crippen molar-refractivity contribution in [2.24, 2.45) is 5.92 Å². The lowest BCUT2D eigenvalue weighted by atomic mass is 9.94. The molecule has 0 atom stereocenters. The van der Waals surface area contributed by atoms with E-state index in [1.165, 1.54) is 12.1 Å². The average Bonchev–Trinajstić information content (AvgIpc) is 3.69. The van der Waals surface area contributed by atoms with Gasteiger partial charge in [-0.3, -0.25) is 19.9 Å². The first-order valence-corrected chi connectivity index (χ1v) is 15.9. The van der Waals surface area contributed by atoms with Crippen LogP contribution in [0.2, 0.25) is 0 Å². The summed E-state index contributed by atoms with van der Waals surface area (Å²) in [5.41, 5.74) is 7.34. The number of nitrogens with zero attached hydrogens (tertiary/aromatic N) is 5. The third-order valence-electron chi connectivity index (χ3n) is 8.57. The van der Waals surface area contributed by atoms with E-state index >= 15 is 0 Å². The quantitative estimate of drug-likeness (QED) is 0.130. The summed E-state index contributed by atoms with van der Waals surface area (Å²) in [6, 6.07) is 12.7. The van der Waals surface area contributed by atoms with Gasteiger partial charge in [-0.2, -0.15) is 5.10 Å². The van der Waals surface area contributed by atoms with Crippen molar-refractivity contribution in [3.05, 3.63) is 73.1 Å². The third-order valence-corrected chi connectivity index (χ3v) is 8.57. The molecule has 0 aliphatic carbocycles. The van der Waals surface area contributed by atoms with Crippen LogP contribution < -0.4 is 16.0 Å². The Morgan fingerprint density at radius 1 is 0.936 bits per heavy atom. The minimum atomic E-state index is -0.332. The molecular formula is C35H37FN10O. The minimum absolute atomic E-state index is 0.00396. The molecule has 6 aromatic rings. The predicted octanol–water partition coefficient (Wildman–Crippen LogP) is 5.67. The largest absolute Gasteiger partial charge is 0.384 e. The molecule has 6 heterocycles. The fourth-order valence-corrected chi connectivity index (χ4v) is 6.16. The lowest BCUT2D eigenvalue weighted by Gasteiger charge is -2.21. The number of benzene rings is 1. The number of hydrogen-bond donors (Lipinski definition) is 5. The zero-order valence-corrected chi connectivity index (χ0v) is 26.4. The fraction of sp³-hybridized carbons (Fsp3) is 0.286. The highest BCUT2D eigenvalue weighted by atomic mass is 19.1. The Morgan fingerprint density at radius 3 is 2.62 bits per heavy atom. The number of anilines is 2. The summed E-state index contributed by atoms with van der Waals surface area (Å²) < 4.78 is 14.7. The van der Waals surface area contributed by atoms with Gasteiger partial charge in [0, 0.05) is 76.8 Å². The number of carbonyl (C=O) groups is 1. The Kier molecular flexibility index (Phi) is 8.60. The summed E-state index contributed by atoms with van der Waals surface area (Å²) in [6.07, 6.45) is 9.44. The summed E-state index contributed by atoms with van der Waals surface area (Å²) in [7, 11) is 4.00. The normalized spacial score (nSPS) is 13.9. The van der Waals surface area contributed by atoms with Crippen LogP contribution in [0.5, 0.6) is 0 Å². The van der Waals surface area contributed by atoms with Gasteiger partial charge in [-0.15, -0.1) is 0 Å². The molecule has 5 aromatic heterocycles. The highest BCUT2D eigenvalue weighted by Crippen LogP contribution is 2.35. The molecule has 5 N–H and O–H groups in total. The second-order valence-electron chi connectivity index (χ2n) is 12.4. The lowest BCUT2D eigenvalue weighted by molar-refractivity contribution is -0.117. The Labute approximate surface area is 271 Å². The highest BCUT2D eigenvalue weighted by Gasteiger charge is 2.19. The number of H-pyrrole nitrogens is 2. The smallest absolute Gasteiger partial charge is 0.224 e. The molecule has 1 aliphatic rings. The summed E-state index contributed by atoms with van der Waals surface area (Å²) in [6.45, 7) is 3.43. The standard InChI is InChI=1S/C35H37FN10O/c1-46(2)10-9-39-26-13-22(12-25(36)16-26)33-28-17-31(43-30(28)5-8-40-33)34-29-15-24(19-41-35(29)45-44-34)23-14-27(20-38-18-23)42-32(47)11-21-3-6-37-7-4-21/h5,8,12-21,37,39,43H,3-4,6-7,9-11H2,1-2H3,(H,42,47)(H,41,44,45).